The van der Waals surface area contributed by atoms with E-state index in [2.05, 4.69) is 20.8 Å². The Balaban J connectivity index is 0. The molecular formula is C34H70N2O6. The number of unbranched alkanes of at least 4 members (excludes halogenated alkanes) is 18. The molecule has 0 aromatic rings. The van der Waals surface area contributed by atoms with Gasteiger partial charge >= 0.3 is 0 Å². The van der Waals surface area contributed by atoms with E-state index in [1.807, 2.05) is 6.92 Å². The Morgan fingerprint density at radius 3 is 0.857 bits per heavy atom. The summed E-state index contributed by atoms with van der Waals surface area (Å²) in [5.41, 5.74) is -2.17. The van der Waals surface area contributed by atoms with Gasteiger partial charge in [0, 0.05) is 35.5 Å². The smallest absolute Gasteiger partial charge is 0.244 e. The second-order valence-corrected chi connectivity index (χ2v) is 12.6. The molecule has 0 saturated carbocycles. The zero-order valence-corrected chi connectivity index (χ0v) is 28.2. The van der Waals surface area contributed by atoms with Crippen molar-refractivity contribution in [1.29, 1.82) is 0 Å². The number of aliphatic hydroxyl groups excluding tert-OH is 2. The van der Waals surface area contributed by atoms with Gasteiger partial charge in [0.25, 0.3) is 0 Å². The Kier molecular flexibility index (Phi) is 30.4. The summed E-state index contributed by atoms with van der Waals surface area (Å²) in [5, 5.41) is 41.6. The third-order valence-corrected chi connectivity index (χ3v) is 8.85. The van der Waals surface area contributed by atoms with Crippen molar-refractivity contribution in [3.63, 3.8) is 0 Å². The van der Waals surface area contributed by atoms with Crippen molar-refractivity contribution in [2.24, 2.45) is 0 Å². The van der Waals surface area contributed by atoms with Crippen LogP contribution in [0.2, 0.25) is 0 Å². The van der Waals surface area contributed by atoms with Gasteiger partial charge in [-0.2, -0.15) is 0 Å². The molecule has 0 aromatic carbocycles. The van der Waals surface area contributed by atoms with Crippen LogP contribution in [0.15, 0.2) is 0 Å². The molecule has 0 heterocycles. The maximum Gasteiger partial charge on any atom is 0.244 e. The summed E-state index contributed by atoms with van der Waals surface area (Å²) >= 11 is 0. The monoisotopic (exact) mass is 603 g/mol. The van der Waals surface area contributed by atoms with E-state index in [1.165, 1.54) is 70.6 Å². The summed E-state index contributed by atoms with van der Waals surface area (Å²) in [5.74, 6) is 0. The van der Waals surface area contributed by atoms with Gasteiger partial charge in [0.1, 0.15) is 13.2 Å². The Morgan fingerprint density at radius 1 is 0.405 bits per heavy atom. The number of aliphatic hydroxyl groups is 2. The van der Waals surface area contributed by atoms with Crippen LogP contribution in [-0.2, 0) is 0 Å². The minimum atomic E-state index is -1.09. The lowest BCUT2D eigenvalue weighted by molar-refractivity contribution is -0.576. The van der Waals surface area contributed by atoms with Crippen molar-refractivity contribution in [2.75, 3.05) is 13.2 Å². The topological polar surface area (TPSA) is 127 Å². The molecule has 0 aliphatic rings. The largest absolute Gasteiger partial charge is 0.389 e. The van der Waals surface area contributed by atoms with Crippen molar-refractivity contribution in [3.05, 3.63) is 20.2 Å². The molecule has 0 rings (SSSR count). The molecule has 8 heteroatoms. The van der Waals surface area contributed by atoms with Gasteiger partial charge in [-0.1, -0.05) is 143 Å². The first-order chi connectivity index (χ1) is 20.3. The molecule has 0 aliphatic carbocycles. The van der Waals surface area contributed by atoms with Crippen LogP contribution in [0.1, 0.15) is 195 Å². The number of nitro groups is 2. The highest BCUT2D eigenvalue weighted by atomic mass is 16.6. The second-order valence-electron chi connectivity index (χ2n) is 12.6. The van der Waals surface area contributed by atoms with Gasteiger partial charge in [0.05, 0.1) is 0 Å². The third kappa shape index (κ3) is 21.4. The van der Waals surface area contributed by atoms with Gasteiger partial charge < -0.3 is 10.2 Å². The highest BCUT2D eigenvalue weighted by molar-refractivity contribution is 4.79. The zero-order valence-electron chi connectivity index (χ0n) is 28.2. The molecule has 2 unspecified atom stereocenters. The standard InChI is InChI=1S/C19H39NO3.C15H31NO3/c1-3-5-7-9-10-11-12-13-15-17-19(18-21,20(22)23)16-14-8-6-4-2;1-3-5-7-8-9-10-11-13-15(14-17,16(18)19)12-6-4-2/h21H,3-18H2,1-2H3;17H,3-14H2,1-2H3. The van der Waals surface area contributed by atoms with Crippen LogP contribution in [0, 0.1) is 20.2 Å². The first kappa shape index (κ1) is 42.9. The Morgan fingerprint density at radius 2 is 0.619 bits per heavy atom. The molecule has 0 fully saturated rings. The van der Waals surface area contributed by atoms with E-state index in [4.69, 9.17) is 0 Å². The molecule has 0 saturated heterocycles. The second kappa shape index (κ2) is 29.8. The normalized spacial score (nSPS) is 14.0. The third-order valence-electron chi connectivity index (χ3n) is 8.85. The van der Waals surface area contributed by atoms with Gasteiger partial charge in [-0.25, -0.2) is 0 Å². The zero-order chi connectivity index (χ0) is 32.0. The van der Waals surface area contributed by atoms with E-state index in [0.717, 1.165) is 70.6 Å². The van der Waals surface area contributed by atoms with E-state index in [9.17, 15) is 30.4 Å². The molecule has 0 radical (unpaired) electrons. The van der Waals surface area contributed by atoms with Crippen molar-refractivity contribution in [3.8, 4) is 0 Å². The Labute approximate surface area is 259 Å². The minimum absolute atomic E-state index is 0.219. The summed E-state index contributed by atoms with van der Waals surface area (Å²) < 4.78 is 0. The maximum absolute atomic E-state index is 11.4. The number of hydrogen-bond donors (Lipinski definition) is 2. The average molecular weight is 603 g/mol. The molecule has 0 aliphatic heterocycles. The van der Waals surface area contributed by atoms with Crippen LogP contribution < -0.4 is 0 Å². The summed E-state index contributed by atoms with van der Waals surface area (Å²) in [6.45, 7) is 7.94. The summed E-state index contributed by atoms with van der Waals surface area (Å²) in [7, 11) is 0. The van der Waals surface area contributed by atoms with Crippen LogP contribution in [0.25, 0.3) is 0 Å². The average Bonchev–Trinajstić information content (AvgIpc) is 2.98. The van der Waals surface area contributed by atoms with E-state index in [-0.39, 0.29) is 23.1 Å². The van der Waals surface area contributed by atoms with E-state index < -0.39 is 11.1 Å². The SMILES string of the molecule is CCCCCCCCCC(CO)(CCCC)[N+](=O)[O-].CCCCCCCCCCCC(CO)(CCCCCC)[N+](=O)[O-]. The van der Waals surface area contributed by atoms with Crippen molar-refractivity contribution < 1.29 is 20.1 Å². The van der Waals surface area contributed by atoms with E-state index in [1.54, 1.807) is 0 Å². The lowest BCUT2D eigenvalue weighted by Gasteiger charge is -2.23. The van der Waals surface area contributed by atoms with Gasteiger partial charge in [-0.05, 0) is 25.7 Å². The molecule has 0 spiro atoms. The number of rotatable bonds is 30. The van der Waals surface area contributed by atoms with Gasteiger partial charge in [0.2, 0.25) is 11.1 Å². The lowest BCUT2D eigenvalue weighted by Crippen LogP contribution is -2.42. The molecule has 42 heavy (non-hydrogen) atoms. The minimum Gasteiger partial charge on any atom is -0.389 e. The van der Waals surface area contributed by atoms with Crippen LogP contribution >= 0.6 is 0 Å². The van der Waals surface area contributed by atoms with Crippen molar-refractivity contribution in [2.45, 2.75) is 206 Å². The molecule has 2 N–H and O–H groups in total. The number of nitrogens with zero attached hydrogens (tertiary/aromatic N) is 2. The van der Waals surface area contributed by atoms with Gasteiger partial charge in [0.15, 0.2) is 0 Å². The molecule has 0 bridgehead atoms. The Hall–Kier alpha value is -1.28. The molecule has 0 amide bonds. The van der Waals surface area contributed by atoms with E-state index >= 15 is 0 Å². The lowest BCUT2D eigenvalue weighted by atomic mass is 9.87. The summed E-state index contributed by atoms with van der Waals surface area (Å²) in [6, 6.07) is 0. The maximum atomic E-state index is 11.4. The predicted molar refractivity (Wildman–Crippen MR) is 176 cm³/mol. The fourth-order valence-corrected chi connectivity index (χ4v) is 5.61. The van der Waals surface area contributed by atoms with Crippen molar-refractivity contribution >= 4 is 0 Å². The fourth-order valence-electron chi connectivity index (χ4n) is 5.61. The summed E-state index contributed by atoms with van der Waals surface area (Å²) in [6.07, 6.45) is 26.9. The molecule has 8 nitrogen and oxygen atoms in total. The van der Waals surface area contributed by atoms with Gasteiger partial charge in [-0.3, -0.25) is 20.2 Å². The highest BCUT2D eigenvalue weighted by Crippen LogP contribution is 2.27. The molecule has 252 valence electrons. The summed E-state index contributed by atoms with van der Waals surface area (Å²) in [4.78, 5) is 22.2. The molecule has 0 aromatic heterocycles. The van der Waals surface area contributed by atoms with Crippen molar-refractivity contribution in [1.82, 2.24) is 0 Å². The molecular weight excluding hydrogens is 532 g/mol. The predicted octanol–water partition coefficient (Wildman–Crippen LogP) is 10.2. The first-order valence-corrected chi connectivity index (χ1v) is 17.8. The first-order valence-electron chi connectivity index (χ1n) is 17.8. The van der Waals surface area contributed by atoms with Crippen LogP contribution in [0.4, 0.5) is 0 Å². The number of hydrogen-bond acceptors (Lipinski definition) is 6. The quantitative estimate of drug-likeness (QED) is 0.0478. The van der Waals surface area contributed by atoms with Crippen LogP contribution in [0.5, 0.6) is 0 Å². The highest BCUT2D eigenvalue weighted by Gasteiger charge is 2.41. The fraction of sp³-hybridized carbons (Fsp3) is 1.00. The van der Waals surface area contributed by atoms with E-state index in [0.29, 0.717) is 25.7 Å². The Bertz CT molecular complexity index is 621. The molecule has 2 atom stereocenters. The van der Waals surface area contributed by atoms with Crippen LogP contribution in [0.3, 0.4) is 0 Å². The van der Waals surface area contributed by atoms with Gasteiger partial charge in [-0.15, -0.1) is 0 Å². The van der Waals surface area contributed by atoms with Crippen LogP contribution in [-0.4, -0.2) is 44.4 Å².